The van der Waals surface area contributed by atoms with Crippen LogP contribution in [0.15, 0.2) is 52.3 Å². The van der Waals surface area contributed by atoms with Crippen molar-refractivity contribution < 1.29 is 4.39 Å². The number of hydrogen-bond acceptors (Lipinski definition) is 2. The molecule has 0 fully saturated rings. The summed E-state index contributed by atoms with van der Waals surface area (Å²) < 4.78 is 12.9. The molecule has 2 aromatic rings. The maximum absolute atomic E-state index is 12.9. The van der Waals surface area contributed by atoms with Crippen LogP contribution in [-0.2, 0) is 6.54 Å². The number of rotatable bonds is 6. The van der Waals surface area contributed by atoms with Gasteiger partial charge in [0.15, 0.2) is 0 Å². The highest BCUT2D eigenvalue weighted by Crippen LogP contribution is 2.30. The van der Waals surface area contributed by atoms with Gasteiger partial charge in [-0.05, 0) is 60.8 Å². The van der Waals surface area contributed by atoms with Gasteiger partial charge in [0.1, 0.15) is 5.82 Å². The molecule has 2 rings (SSSR count). The van der Waals surface area contributed by atoms with Crippen molar-refractivity contribution >= 4 is 11.8 Å². The second kappa shape index (κ2) is 7.62. The van der Waals surface area contributed by atoms with Crippen molar-refractivity contribution in [2.24, 2.45) is 5.92 Å². The lowest BCUT2D eigenvalue weighted by molar-refractivity contribution is 0.552. The predicted octanol–water partition coefficient (Wildman–Crippen LogP) is 5.03. The lowest BCUT2D eigenvalue weighted by atomic mass is 10.1. The number of aryl methyl sites for hydroxylation is 1. The first-order valence-corrected chi connectivity index (χ1v) is 8.10. The van der Waals surface area contributed by atoms with Gasteiger partial charge in [-0.1, -0.05) is 37.7 Å². The van der Waals surface area contributed by atoms with Gasteiger partial charge in [0.05, 0.1) is 0 Å². The molecule has 0 bridgehead atoms. The molecule has 0 radical (unpaired) electrons. The van der Waals surface area contributed by atoms with Crippen LogP contribution in [0.5, 0.6) is 0 Å². The third-order valence-electron chi connectivity index (χ3n) is 3.16. The average Bonchev–Trinajstić information content (AvgIpc) is 2.44. The van der Waals surface area contributed by atoms with E-state index in [1.807, 2.05) is 12.1 Å². The predicted molar refractivity (Wildman–Crippen MR) is 88.2 cm³/mol. The van der Waals surface area contributed by atoms with E-state index in [0.717, 1.165) is 18.0 Å². The molecule has 0 saturated carbocycles. The molecule has 0 saturated heterocycles. The Kier molecular flexibility index (Phi) is 5.83. The minimum Gasteiger partial charge on any atom is -0.312 e. The van der Waals surface area contributed by atoms with E-state index in [0.29, 0.717) is 5.92 Å². The van der Waals surface area contributed by atoms with Gasteiger partial charge in [0.25, 0.3) is 0 Å². The first kappa shape index (κ1) is 16.1. The molecule has 1 N–H and O–H groups in total. The highest BCUT2D eigenvalue weighted by Gasteiger charge is 2.03. The van der Waals surface area contributed by atoms with Crippen LogP contribution in [0.3, 0.4) is 0 Å². The number of benzene rings is 2. The molecule has 0 atom stereocenters. The van der Waals surface area contributed by atoms with E-state index in [2.05, 4.69) is 44.3 Å². The maximum Gasteiger partial charge on any atom is 0.123 e. The van der Waals surface area contributed by atoms with Crippen LogP contribution in [0.2, 0.25) is 0 Å². The number of hydrogen-bond donors (Lipinski definition) is 1. The van der Waals surface area contributed by atoms with E-state index < -0.39 is 0 Å². The Hall–Kier alpha value is -1.32. The highest BCUT2D eigenvalue weighted by molar-refractivity contribution is 7.99. The Balaban J connectivity index is 2.00. The minimum absolute atomic E-state index is 0.192. The van der Waals surface area contributed by atoms with Crippen LogP contribution in [0.4, 0.5) is 4.39 Å². The van der Waals surface area contributed by atoms with Crippen molar-refractivity contribution in [3.8, 4) is 0 Å². The van der Waals surface area contributed by atoms with Crippen molar-refractivity contribution in [3.05, 3.63) is 59.4 Å². The first-order valence-electron chi connectivity index (χ1n) is 7.28. The smallest absolute Gasteiger partial charge is 0.123 e. The van der Waals surface area contributed by atoms with Gasteiger partial charge < -0.3 is 5.32 Å². The Morgan fingerprint density at radius 3 is 2.43 bits per heavy atom. The van der Waals surface area contributed by atoms with Crippen LogP contribution in [0, 0.1) is 18.7 Å². The summed E-state index contributed by atoms with van der Waals surface area (Å²) in [6.07, 6.45) is 0. The van der Waals surface area contributed by atoms with E-state index in [1.165, 1.54) is 28.2 Å². The minimum atomic E-state index is -0.192. The summed E-state index contributed by atoms with van der Waals surface area (Å²) in [6.45, 7) is 8.48. The molecule has 0 heterocycles. The average molecular weight is 303 g/mol. The molecule has 21 heavy (non-hydrogen) atoms. The summed E-state index contributed by atoms with van der Waals surface area (Å²) in [5.74, 6) is 0.474. The van der Waals surface area contributed by atoms with Gasteiger partial charge in [-0.15, -0.1) is 0 Å². The quantitative estimate of drug-likeness (QED) is 0.803. The van der Waals surface area contributed by atoms with Gasteiger partial charge >= 0.3 is 0 Å². The molecule has 3 heteroatoms. The van der Waals surface area contributed by atoms with Gasteiger partial charge in [0.2, 0.25) is 0 Å². The Morgan fingerprint density at radius 1 is 1.10 bits per heavy atom. The summed E-state index contributed by atoms with van der Waals surface area (Å²) >= 11 is 1.67. The maximum atomic E-state index is 12.9. The van der Waals surface area contributed by atoms with Crippen molar-refractivity contribution in [1.29, 1.82) is 0 Å². The highest BCUT2D eigenvalue weighted by atomic mass is 32.2. The second-order valence-corrected chi connectivity index (χ2v) is 6.80. The second-order valence-electron chi connectivity index (χ2n) is 5.68. The lowest BCUT2D eigenvalue weighted by Gasteiger charge is -2.10. The summed E-state index contributed by atoms with van der Waals surface area (Å²) in [7, 11) is 0. The van der Waals surface area contributed by atoms with E-state index in [4.69, 9.17) is 0 Å². The molecule has 0 spiro atoms. The van der Waals surface area contributed by atoms with Crippen molar-refractivity contribution in [2.75, 3.05) is 6.54 Å². The molecule has 0 aliphatic heterocycles. The monoisotopic (exact) mass is 303 g/mol. The van der Waals surface area contributed by atoms with Crippen molar-refractivity contribution in [3.63, 3.8) is 0 Å². The van der Waals surface area contributed by atoms with E-state index >= 15 is 0 Å². The van der Waals surface area contributed by atoms with Crippen LogP contribution in [-0.4, -0.2) is 6.54 Å². The number of nitrogens with one attached hydrogen (secondary N) is 1. The van der Waals surface area contributed by atoms with Gasteiger partial charge in [-0.3, -0.25) is 0 Å². The van der Waals surface area contributed by atoms with Gasteiger partial charge in [-0.25, -0.2) is 4.39 Å². The summed E-state index contributed by atoms with van der Waals surface area (Å²) in [4.78, 5) is 2.28. The molecule has 0 aromatic heterocycles. The molecular weight excluding hydrogens is 281 g/mol. The normalized spacial score (nSPS) is 11.1. The van der Waals surface area contributed by atoms with Crippen LogP contribution < -0.4 is 5.32 Å². The van der Waals surface area contributed by atoms with E-state index in [1.54, 1.807) is 11.8 Å². The standard InChI is InChI=1S/C18H22FNS/c1-13(2)11-20-12-15-4-9-18(14(3)10-15)21-17-7-5-16(19)6-8-17/h4-10,13,20H,11-12H2,1-3H3. The Bertz CT molecular complexity index is 578. The molecule has 0 amide bonds. The SMILES string of the molecule is Cc1cc(CNCC(C)C)ccc1Sc1ccc(F)cc1. The lowest BCUT2D eigenvalue weighted by Crippen LogP contribution is -2.18. The molecule has 0 unspecified atom stereocenters. The fourth-order valence-corrected chi connectivity index (χ4v) is 2.95. The summed E-state index contributed by atoms with van der Waals surface area (Å²) in [6, 6.07) is 13.2. The third-order valence-corrected chi connectivity index (χ3v) is 4.35. The fraction of sp³-hybridized carbons (Fsp3) is 0.333. The van der Waals surface area contributed by atoms with E-state index in [-0.39, 0.29) is 5.82 Å². The van der Waals surface area contributed by atoms with Crippen molar-refractivity contribution in [1.82, 2.24) is 5.32 Å². The van der Waals surface area contributed by atoms with E-state index in [9.17, 15) is 4.39 Å². The topological polar surface area (TPSA) is 12.0 Å². The molecule has 0 aliphatic rings. The Labute approximate surface area is 131 Å². The Morgan fingerprint density at radius 2 is 1.81 bits per heavy atom. The molecule has 1 nitrogen and oxygen atoms in total. The zero-order valence-corrected chi connectivity index (χ0v) is 13.6. The zero-order valence-electron chi connectivity index (χ0n) is 12.8. The molecule has 0 aliphatic carbocycles. The molecule has 2 aromatic carbocycles. The fourth-order valence-electron chi connectivity index (χ4n) is 2.07. The van der Waals surface area contributed by atoms with Gasteiger partial charge in [-0.2, -0.15) is 0 Å². The third kappa shape index (κ3) is 5.18. The zero-order chi connectivity index (χ0) is 15.2. The molecule has 112 valence electrons. The van der Waals surface area contributed by atoms with Crippen LogP contribution in [0.25, 0.3) is 0 Å². The van der Waals surface area contributed by atoms with Gasteiger partial charge in [0, 0.05) is 16.3 Å². The molecular formula is C18H22FNS. The van der Waals surface area contributed by atoms with Crippen LogP contribution >= 0.6 is 11.8 Å². The number of halogens is 1. The first-order chi connectivity index (χ1) is 10.0. The largest absolute Gasteiger partial charge is 0.312 e. The summed E-state index contributed by atoms with van der Waals surface area (Å²) in [5.41, 5.74) is 2.56. The van der Waals surface area contributed by atoms with Crippen molar-refractivity contribution in [2.45, 2.75) is 37.1 Å². The summed E-state index contributed by atoms with van der Waals surface area (Å²) in [5, 5.41) is 3.46. The van der Waals surface area contributed by atoms with Crippen LogP contribution in [0.1, 0.15) is 25.0 Å².